The van der Waals surface area contributed by atoms with Gasteiger partial charge in [0.1, 0.15) is 5.65 Å². The molecule has 0 atom stereocenters. The van der Waals surface area contributed by atoms with Crippen molar-refractivity contribution in [2.45, 2.75) is 26.3 Å². The van der Waals surface area contributed by atoms with Gasteiger partial charge < -0.3 is 19.8 Å². The van der Waals surface area contributed by atoms with E-state index in [1.807, 2.05) is 37.3 Å². The zero-order chi connectivity index (χ0) is 21.1. The highest BCUT2D eigenvalue weighted by atomic mass is 16.5. The maximum absolute atomic E-state index is 5.96. The highest BCUT2D eigenvalue weighted by molar-refractivity contribution is 5.84. The SMILES string of the molecule is COc1ccc(CCc2cn(Cc3ccccc3)c3nc(N)nc(C)c23)cc1OC. The lowest BCUT2D eigenvalue weighted by Crippen LogP contribution is -2.03. The Morgan fingerprint density at radius 1 is 0.900 bits per heavy atom. The van der Waals surface area contributed by atoms with Crippen molar-refractivity contribution in [3.8, 4) is 11.5 Å². The zero-order valence-electron chi connectivity index (χ0n) is 17.6. The summed E-state index contributed by atoms with van der Waals surface area (Å²) >= 11 is 0. The molecule has 0 amide bonds. The quantitative estimate of drug-likeness (QED) is 0.502. The van der Waals surface area contributed by atoms with Crippen LogP contribution in [0.4, 0.5) is 5.95 Å². The van der Waals surface area contributed by atoms with E-state index in [0.717, 1.165) is 47.6 Å². The van der Waals surface area contributed by atoms with Crippen LogP contribution in [-0.2, 0) is 19.4 Å². The van der Waals surface area contributed by atoms with Crippen molar-refractivity contribution in [2.24, 2.45) is 0 Å². The number of anilines is 1. The molecule has 4 rings (SSSR count). The summed E-state index contributed by atoms with van der Waals surface area (Å²) in [6.45, 7) is 2.73. The van der Waals surface area contributed by atoms with Crippen molar-refractivity contribution >= 4 is 17.0 Å². The smallest absolute Gasteiger partial charge is 0.222 e. The Morgan fingerprint density at radius 3 is 2.40 bits per heavy atom. The van der Waals surface area contributed by atoms with Crippen LogP contribution in [0.3, 0.4) is 0 Å². The number of nitrogens with two attached hydrogens (primary N) is 1. The Morgan fingerprint density at radius 2 is 1.67 bits per heavy atom. The van der Waals surface area contributed by atoms with Gasteiger partial charge in [0.05, 0.1) is 19.9 Å². The molecule has 0 aliphatic heterocycles. The molecule has 2 heterocycles. The van der Waals surface area contributed by atoms with Gasteiger partial charge in [-0.05, 0) is 48.6 Å². The van der Waals surface area contributed by atoms with Crippen LogP contribution < -0.4 is 15.2 Å². The Kier molecular flexibility index (Phi) is 5.57. The summed E-state index contributed by atoms with van der Waals surface area (Å²) in [5.41, 5.74) is 11.4. The summed E-state index contributed by atoms with van der Waals surface area (Å²) in [5.74, 6) is 1.79. The monoisotopic (exact) mass is 402 g/mol. The second-order valence-corrected chi connectivity index (χ2v) is 7.32. The van der Waals surface area contributed by atoms with E-state index in [0.29, 0.717) is 5.95 Å². The van der Waals surface area contributed by atoms with Gasteiger partial charge in [0.25, 0.3) is 0 Å². The van der Waals surface area contributed by atoms with Crippen molar-refractivity contribution in [3.05, 3.63) is 77.1 Å². The Hall–Kier alpha value is -3.54. The van der Waals surface area contributed by atoms with E-state index in [4.69, 9.17) is 15.2 Å². The Labute approximate surface area is 176 Å². The molecule has 0 spiro atoms. The van der Waals surface area contributed by atoms with Crippen LogP contribution in [0.2, 0.25) is 0 Å². The number of aromatic nitrogens is 3. The fourth-order valence-electron chi connectivity index (χ4n) is 3.88. The van der Waals surface area contributed by atoms with Crippen molar-refractivity contribution in [1.82, 2.24) is 14.5 Å². The normalized spacial score (nSPS) is 11.0. The van der Waals surface area contributed by atoms with Gasteiger partial charge in [-0.1, -0.05) is 36.4 Å². The summed E-state index contributed by atoms with van der Waals surface area (Å²) in [5, 5.41) is 1.08. The van der Waals surface area contributed by atoms with Gasteiger partial charge in [-0.25, -0.2) is 4.98 Å². The molecular formula is C24H26N4O2. The molecule has 2 aromatic heterocycles. The minimum Gasteiger partial charge on any atom is -0.493 e. The van der Waals surface area contributed by atoms with E-state index in [1.165, 1.54) is 16.7 Å². The Bertz CT molecular complexity index is 1170. The number of hydrogen-bond donors (Lipinski definition) is 1. The molecule has 0 saturated heterocycles. The lowest BCUT2D eigenvalue weighted by molar-refractivity contribution is 0.354. The van der Waals surface area contributed by atoms with Crippen LogP contribution >= 0.6 is 0 Å². The molecule has 0 fully saturated rings. The minimum absolute atomic E-state index is 0.304. The molecule has 0 bridgehead atoms. The van der Waals surface area contributed by atoms with Crippen LogP contribution in [0.5, 0.6) is 11.5 Å². The molecule has 30 heavy (non-hydrogen) atoms. The molecule has 0 unspecified atom stereocenters. The van der Waals surface area contributed by atoms with Crippen LogP contribution in [0.15, 0.2) is 54.7 Å². The number of nitrogens with zero attached hydrogens (tertiary/aromatic N) is 3. The summed E-state index contributed by atoms with van der Waals surface area (Å²) < 4.78 is 12.9. The molecular weight excluding hydrogens is 376 g/mol. The van der Waals surface area contributed by atoms with Crippen LogP contribution in [0.25, 0.3) is 11.0 Å². The van der Waals surface area contributed by atoms with E-state index in [1.54, 1.807) is 14.2 Å². The Balaban J connectivity index is 1.67. The van der Waals surface area contributed by atoms with Crippen LogP contribution in [0, 0.1) is 6.92 Å². The number of methoxy groups -OCH3 is 2. The summed E-state index contributed by atoms with van der Waals surface area (Å²) in [4.78, 5) is 8.96. The van der Waals surface area contributed by atoms with Crippen molar-refractivity contribution in [3.63, 3.8) is 0 Å². The predicted octanol–water partition coefficient (Wildman–Crippen LogP) is 4.17. The topological polar surface area (TPSA) is 75.2 Å². The predicted molar refractivity (Wildman–Crippen MR) is 119 cm³/mol. The largest absolute Gasteiger partial charge is 0.493 e. The average Bonchev–Trinajstić information content (AvgIpc) is 3.10. The fourth-order valence-corrected chi connectivity index (χ4v) is 3.88. The van der Waals surface area contributed by atoms with Gasteiger partial charge in [0.2, 0.25) is 5.95 Å². The van der Waals surface area contributed by atoms with Crippen LogP contribution in [0.1, 0.15) is 22.4 Å². The first-order chi connectivity index (χ1) is 14.6. The third kappa shape index (κ3) is 3.94. The molecule has 6 heteroatoms. The number of fused-ring (bicyclic) bond motifs is 1. The van der Waals surface area contributed by atoms with E-state index in [9.17, 15) is 0 Å². The first-order valence-corrected chi connectivity index (χ1v) is 9.95. The van der Waals surface area contributed by atoms with E-state index in [2.05, 4.69) is 38.9 Å². The van der Waals surface area contributed by atoms with Crippen molar-refractivity contribution in [1.29, 1.82) is 0 Å². The van der Waals surface area contributed by atoms with Gasteiger partial charge in [-0.15, -0.1) is 0 Å². The van der Waals surface area contributed by atoms with Crippen molar-refractivity contribution in [2.75, 3.05) is 20.0 Å². The molecule has 154 valence electrons. The second-order valence-electron chi connectivity index (χ2n) is 7.32. The lowest BCUT2D eigenvalue weighted by atomic mass is 10.0. The highest BCUT2D eigenvalue weighted by Crippen LogP contribution is 2.29. The number of nitrogen functional groups attached to an aromatic ring is 1. The molecule has 2 aromatic carbocycles. The average molecular weight is 402 g/mol. The second kappa shape index (κ2) is 8.45. The van der Waals surface area contributed by atoms with E-state index >= 15 is 0 Å². The number of benzene rings is 2. The summed E-state index contributed by atoms with van der Waals surface area (Å²) in [6.07, 6.45) is 3.91. The first-order valence-electron chi connectivity index (χ1n) is 9.95. The van der Waals surface area contributed by atoms with Gasteiger partial charge in [-0.3, -0.25) is 0 Å². The van der Waals surface area contributed by atoms with Crippen molar-refractivity contribution < 1.29 is 9.47 Å². The number of aryl methyl sites for hydroxylation is 3. The molecule has 4 aromatic rings. The summed E-state index contributed by atoms with van der Waals surface area (Å²) in [6, 6.07) is 16.4. The highest BCUT2D eigenvalue weighted by Gasteiger charge is 2.15. The van der Waals surface area contributed by atoms with Gasteiger partial charge >= 0.3 is 0 Å². The van der Waals surface area contributed by atoms with Gasteiger partial charge in [-0.2, -0.15) is 4.98 Å². The van der Waals surface area contributed by atoms with E-state index in [-0.39, 0.29) is 0 Å². The lowest BCUT2D eigenvalue weighted by Gasteiger charge is -2.09. The minimum atomic E-state index is 0.304. The number of ether oxygens (including phenoxy) is 2. The molecule has 2 N–H and O–H groups in total. The molecule has 0 aliphatic carbocycles. The number of rotatable bonds is 7. The van der Waals surface area contributed by atoms with Crippen LogP contribution in [-0.4, -0.2) is 28.8 Å². The maximum Gasteiger partial charge on any atom is 0.222 e. The standard InChI is InChI=1S/C24H26N4O2/c1-16-22-19(11-9-17-10-12-20(29-2)21(13-17)30-3)15-28(23(22)27-24(25)26-16)14-18-7-5-4-6-8-18/h4-8,10,12-13,15H,9,11,14H2,1-3H3,(H2,25,26,27). The maximum atomic E-state index is 5.96. The number of hydrogen-bond acceptors (Lipinski definition) is 5. The third-order valence-corrected chi connectivity index (χ3v) is 5.32. The molecule has 0 saturated carbocycles. The molecule has 0 radical (unpaired) electrons. The van der Waals surface area contributed by atoms with Gasteiger partial charge in [0.15, 0.2) is 11.5 Å². The summed E-state index contributed by atoms with van der Waals surface area (Å²) in [7, 11) is 3.30. The molecule has 0 aliphatic rings. The first kappa shape index (κ1) is 19.8. The van der Waals surface area contributed by atoms with Gasteiger partial charge in [0, 0.05) is 18.1 Å². The molecule has 6 nitrogen and oxygen atoms in total. The van der Waals surface area contributed by atoms with E-state index < -0.39 is 0 Å². The zero-order valence-corrected chi connectivity index (χ0v) is 17.6. The third-order valence-electron chi connectivity index (χ3n) is 5.32. The fraction of sp³-hybridized carbons (Fsp3) is 0.250.